The first-order chi connectivity index (χ1) is 13.9. The molecule has 1 aliphatic heterocycles. The Labute approximate surface area is 170 Å². The molecular formula is C20H24N2O6S. The van der Waals surface area contributed by atoms with Gasteiger partial charge in [-0.05, 0) is 43.2 Å². The molecule has 1 aromatic heterocycles. The molecule has 0 radical (unpaired) electrons. The molecule has 1 saturated heterocycles. The average Bonchev–Trinajstić information content (AvgIpc) is 3.25. The molecule has 0 unspecified atom stereocenters. The number of amides is 1. The highest BCUT2D eigenvalue weighted by molar-refractivity contribution is 7.89. The zero-order chi connectivity index (χ0) is 20.9. The van der Waals surface area contributed by atoms with E-state index in [2.05, 4.69) is 0 Å². The number of nitrogens with zero attached hydrogens (tertiary/aromatic N) is 2. The molecule has 0 aliphatic carbocycles. The van der Waals surface area contributed by atoms with Crippen molar-refractivity contribution in [3.05, 3.63) is 54.0 Å². The molecule has 9 heteroatoms. The number of carbonyl (C=O) groups excluding carboxylic acids is 2. The zero-order valence-corrected chi connectivity index (χ0v) is 17.1. The topological polar surface area (TPSA) is 97.1 Å². The van der Waals surface area contributed by atoms with E-state index in [-0.39, 0.29) is 17.0 Å². The lowest BCUT2D eigenvalue weighted by Crippen LogP contribution is -2.35. The quantitative estimate of drug-likeness (QED) is 0.638. The maximum absolute atomic E-state index is 12.8. The molecule has 2 aromatic rings. The highest BCUT2D eigenvalue weighted by atomic mass is 32.2. The van der Waals surface area contributed by atoms with Crippen molar-refractivity contribution < 1.29 is 27.2 Å². The molecule has 0 spiro atoms. The number of piperidine rings is 1. The maximum Gasteiger partial charge on any atom is 0.338 e. The standard InChI is InChI=1S/C20H24N2O6S/c1-21(14-17-8-6-12-27-17)19(23)15-28-20(24)16-7-5-9-18(13-16)29(25,26)22-10-3-2-4-11-22/h5-9,12-13H,2-4,10-11,14-15H2,1H3. The van der Waals surface area contributed by atoms with E-state index >= 15 is 0 Å². The summed E-state index contributed by atoms with van der Waals surface area (Å²) in [6, 6.07) is 9.18. The number of hydrogen-bond donors (Lipinski definition) is 0. The molecule has 156 valence electrons. The molecule has 1 aliphatic rings. The second kappa shape index (κ2) is 9.23. The number of benzene rings is 1. The number of ether oxygens (including phenoxy) is 1. The summed E-state index contributed by atoms with van der Waals surface area (Å²) in [6.45, 7) is 0.771. The van der Waals surface area contributed by atoms with Crippen molar-refractivity contribution in [2.24, 2.45) is 0 Å². The van der Waals surface area contributed by atoms with Crippen LogP contribution in [-0.2, 0) is 26.1 Å². The van der Waals surface area contributed by atoms with Crippen molar-refractivity contribution in [2.75, 3.05) is 26.7 Å². The Bertz CT molecular complexity index is 949. The van der Waals surface area contributed by atoms with Gasteiger partial charge in [0, 0.05) is 20.1 Å². The largest absolute Gasteiger partial charge is 0.467 e. The van der Waals surface area contributed by atoms with Crippen LogP contribution in [-0.4, -0.2) is 56.2 Å². The van der Waals surface area contributed by atoms with E-state index in [1.165, 1.54) is 39.7 Å². The molecule has 8 nitrogen and oxygen atoms in total. The molecule has 1 fully saturated rings. The van der Waals surface area contributed by atoms with E-state index in [1.807, 2.05) is 0 Å². The monoisotopic (exact) mass is 420 g/mol. The first-order valence-corrected chi connectivity index (χ1v) is 10.9. The number of carbonyl (C=O) groups is 2. The highest BCUT2D eigenvalue weighted by Crippen LogP contribution is 2.21. The van der Waals surface area contributed by atoms with Gasteiger partial charge in [0.1, 0.15) is 5.76 Å². The summed E-state index contributed by atoms with van der Waals surface area (Å²) < 4.78 is 37.2. The first kappa shape index (κ1) is 21.1. The van der Waals surface area contributed by atoms with Crippen molar-refractivity contribution in [2.45, 2.75) is 30.7 Å². The van der Waals surface area contributed by atoms with Crippen LogP contribution in [0.25, 0.3) is 0 Å². The molecule has 0 saturated carbocycles. The predicted molar refractivity (Wildman–Crippen MR) is 105 cm³/mol. The number of likely N-dealkylation sites (N-methyl/N-ethyl adjacent to an activating group) is 1. The second-order valence-corrected chi connectivity index (χ2v) is 8.84. The Balaban J connectivity index is 1.61. The molecule has 0 N–H and O–H groups in total. The Morgan fingerprint density at radius 2 is 1.90 bits per heavy atom. The average molecular weight is 420 g/mol. The van der Waals surface area contributed by atoms with Gasteiger partial charge in [-0.25, -0.2) is 13.2 Å². The van der Waals surface area contributed by atoms with Gasteiger partial charge >= 0.3 is 5.97 Å². The van der Waals surface area contributed by atoms with Gasteiger partial charge in [-0.15, -0.1) is 0 Å². The summed E-state index contributed by atoms with van der Waals surface area (Å²) in [5, 5.41) is 0. The third kappa shape index (κ3) is 5.24. The smallest absolute Gasteiger partial charge is 0.338 e. The summed E-state index contributed by atoms with van der Waals surface area (Å²) in [7, 11) is -2.08. The van der Waals surface area contributed by atoms with Gasteiger partial charge in [0.2, 0.25) is 10.0 Å². The van der Waals surface area contributed by atoms with Crippen molar-refractivity contribution in [3.8, 4) is 0 Å². The Kier molecular flexibility index (Phi) is 6.71. The van der Waals surface area contributed by atoms with Crippen molar-refractivity contribution in [1.29, 1.82) is 0 Å². The van der Waals surface area contributed by atoms with E-state index < -0.39 is 28.5 Å². The third-order valence-electron chi connectivity index (χ3n) is 4.75. The fourth-order valence-corrected chi connectivity index (χ4v) is 4.65. The van der Waals surface area contributed by atoms with Gasteiger partial charge in [-0.2, -0.15) is 4.31 Å². The summed E-state index contributed by atoms with van der Waals surface area (Å²) in [5.41, 5.74) is 0.0876. The van der Waals surface area contributed by atoms with E-state index in [0.29, 0.717) is 18.8 Å². The highest BCUT2D eigenvalue weighted by Gasteiger charge is 2.26. The Hall–Kier alpha value is -2.65. The normalized spacial score (nSPS) is 15.1. The van der Waals surface area contributed by atoms with Crippen LogP contribution in [0.4, 0.5) is 0 Å². The van der Waals surface area contributed by atoms with Crippen molar-refractivity contribution in [3.63, 3.8) is 0 Å². The Morgan fingerprint density at radius 1 is 1.14 bits per heavy atom. The van der Waals surface area contributed by atoms with Gasteiger partial charge in [0.05, 0.1) is 23.3 Å². The van der Waals surface area contributed by atoms with E-state index in [1.54, 1.807) is 19.2 Å². The van der Waals surface area contributed by atoms with Gasteiger partial charge in [-0.1, -0.05) is 12.5 Å². The molecule has 0 bridgehead atoms. The Morgan fingerprint density at radius 3 is 2.59 bits per heavy atom. The summed E-state index contributed by atoms with van der Waals surface area (Å²) in [4.78, 5) is 25.9. The lowest BCUT2D eigenvalue weighted by molar-refractivity contribution is -0.133. The first-order valence-electron chi connectivity index (χ1n) is 9.41. The van der Waals surface area contributed by atoms with Crippen molar-refractivity contribution >= 4 is 21.9 Å². The number of rotatable bonds is 7. The molecule has 1 aromatic carbocycles. The van der Waals surface area contributed by atoms with Crippen LogP contribution in [0.5, 0.6) is 0 Å². The molecule has 2 heterocycles. The van der Waals surface area contributed by atoms with E-state index in [4.69, 9.17) is 9.15 Å². The summed E-state index contributed by atoms with van der Waals surface area (Å²) >= 11 is 0. The molecule has 3 rings (SSSR count). The number of esters is 1. The van der Waals surface area contributed by atoms with E-state index in [0.717, 1.165) is 19.3 Å². The van der Waals surface area contributed by atoms with Crippen LogP contribution >= 0.6 is 0 Å². The minimum Gasteiger partial charge on any atom is -0.467 e. The molecular weight excluding hydrogens is 396 g/mol. The predicted octanol–water partition coefficient (Wildman–Crippen LogP) is 2.27. The zero-order valence-electron chi connectivity index (χ0n) is 16.2. The number of sulfonamides is 1. The number of hydrogen-bond acceptors (Lipinski definition) is 6. The lowest BCUT2D eigenvalue weighted by Gasteiger charge is -2.26. The number of furan rings is 1. The van der Waals surface area contributed by atoms with Crippen LogP contribution in [0, 0.1) is 0 Å². The van der Waals surface area contributed by atoms with Gasteiger partial charge in [-0.3, -0.25) is 4.79 Å². The molecule has 0 atom stereocenters. The molecule has 29 heavy (non-hydrogen) atoms. The maximum atomic E-state index is 12.8. The lowest BCUT2D eigenvalue weighted by atomic mass is 10.2. The van der Waals surface area contributed by atoms with Gasteiger partial charge in [0.25, 0.3) is 5.91 Å². The molecule has 1 amide bonds. The minimum absolute atomic E-state index is 0.0510. The minimum atomic E-state index is -3.65. The van der Waals surface area contributed by atoms with Crippen LogP contribution in [0.3, 0.4) is 0 Å². The third-order valence-corrected chi connectivity index (χ3v) is 6.64. The van der Waals surface area contributed by atoms with Crippen LogP contribution in [0.15, 0.2) is 52.0 Å². The second-order valence-electron chi connectivity index (χ2n) is 6.90. The van der Waals surface area contributed by atoms with E-state index in [9.17, 15) is 18.0 Å². The SMILES string of the molecule is CN(Cc1ccco1)C(=O)COC(=O)c1cccc(S(=O)(=O)N2CCCCC2)c1. The van der Waals surface area contributed by atoms with Crippen LogP contribution in [0.1, 0.15) is 35.4 Å². The van der Waals surface area contributed by atoms with Gasteiger partial charge in [0.15, 0.2) is 6.61 Å². The summed E-state index contributed by atoms with van der Waals surface area (Å²) in [5.74, 6) is -0.532. The fraction of sp³-hybridized carbons (Fsp3) is 0.400. The summed E-state index contributed by atoms with van der Waals surface area (Å²) in [6.07, 6.45) is 4.18. The fourth-order valence-electron chi connectivity index (χ4n) is 3.08. The van der Waals surface area contributed by atoms with Crippen LogP contribution < -0.4 is 0 Å². The van der Waals surface area contributed by atoms with Gasteiger partial charge < -0.3 is 14.1 Å². The van der Waals surface area contributed by atoms with Crippen molar-refractivity contribution in [1.82, 2.24) is 9.21 Å². The van der Waals surface area contributed by atoms with Crippen LogP contribution in [0.2, 0.25) is 0 Å².